The van der Waals surface area contributed by atoms with Crippen molar-refractivity contribution in [3.05, 3.63) is 75.6 Å². The molecule has 2 aromatic carbocycles. The summed E-state index contributed by atoms with van der Waals surface area (Å²) in [6.07, 6.45) is 0. The van der Waals surface area contributed by atoms with Crippen LogP contribution < -0.4 is 5.56 Å². The summed E-state index contributed by atoms with van der Waals surface area (Å²) in [4.78, 5) is 24.9. The Kier molecular flexibility index (Phi) is 4.08. The minimum Gasteiger partial charge on any atom is -0.506 e. The Morgan fingerprint density at radius 2 is 1.83 bits per heavy atom. The van der Waals surface area contributed by atoms with Gasteiger partial charge in [-0.15, -0.1) is 0 Å². The fourth-order valence-electron chi connectivity index (χ4n) is 2.88. The van der Waals surface area contributed by atoms with Crippen molar-refractivity contribution in [2.75, 3.05) is 7.11 Å². The molecule has 0 aliphatic heterocycles. The molecule has 0 unspecified atom stereocenters. The number of para-hydroxylation sites is 1. The first-order valence-corrected chi connectivity index (χ1v) is 7.52. The Hall–Kier alpha value is -3.08. The number of fused-ring (bicyclic) bond motifs is 1. The minimum absolute atomic E-state index is 0.297. The van der Waals surface area contributed by atoms with Crippen LogP contribution in [0.5, 0.6) is 5.75 Å². The number of aryl methyl sites for hydroxylation is 1. The summed E-state index contributed by atoms with van der Waals surface area (Å²) in [6, 6.07) is 14.8. The monoisotopic (exact) mass is 323 g/mol. The van der Waals surface area contributed by atoms with Crippen LogP contribution in [0.3, 0.4) is 0 Å². The van der Waals surface area contributed by atoms with Gasteiger partial charge in [-0.3, -0.25) is 4.79 Å². The van der Waals surface area contributed by atoms with E-state index in [1.54, 1.807) is 12.1 Å². The van der Waals surface area contributed by atoms with Gasteiger partial charge in [0.1, 0.15) is 5.75 Å². The smallest absolute Gasteiger partial charge is 0.347 e. The standard InChI is InChI=1S/C19H17NO4/c1-12-7-6-10-14-16(12)20(11-13-8-4-3-5-9-13)18(22)15(17(14)21)19(23)24-2/h3-10,21H,11H2,1-2H3. The molecule has 3 aromatic rings. The molecule has 3 rings (SSSR count). The molecule has 0 atom stereocenters. The maximum Gasteiger partial charge on any atom is 0.347 e. The molecule has 5 heteroatoms. The van der Waals surface area contributed by atoms with E-state index in [9.17, 15) is 14.7 Å². The highest BCUT2D eigenvalue weighted by Gasteiger charge is 2.23. The first kappa shape index (κ1) is 15.8. The van der Waals surface area contributed by atoms with Crippen molar-refractivity contribution < 1.29 is 14.6 Å². The van der Waals surface area contributed by atoms with Gasteiger partial charge in [-0.05, 0) is 24.1 Å². The SMILES string of the molecule is COC(=O)c1c(O)c2cccc(C)c2n(Cc2ccccc2)c1=O. The first-order valence-electron chi connectivity index (χ1n) is 7.52. The molecule has 0 aliphatic carbocycles. The zero-order chi connectivity index (χ0) is 17.3. The Bertz CT molecular complexity index is 974. The fourth-order valence-corrected chi connectivity index (χ4v) is 2.88. The number of ether oxygens (including phenoxy) is 1. The molecule has 0 fully saturated rings. The van der Waals surface area contributed by atoms with Gasteiger partial charge in [-0.2, -0.15) is 0 Å². The number of carbonyl (C=O) groups is 1. The largest absolute Gasteiger partial charge is 0.506 e. The van der Waals surface area contributed by atoms with E-state index in [2.05, 4.69) is 4.74 Å². The fraction of sp³-hybridized carbons (Fsp3) is 0.158. The normalized spacial score (nSPS) is 10.8. The summed E-state index contributed by atoms with van der Waals surface area (Å²) >= 11 is 0. The number of aromatic nitrogens is 1. The van der Waals surface area contributed by atoms with Gasteiger partial charge in [0, 0.05) is 5.39 Å². The topological polar surface area (TPSA) is 68.5 Å². The van der Waals surface area contributed by atoms with Gasteiger partial charge < -0.3 is 14.4 Å². The molecule has 1 N–H and O–H groups in total. The lowest BCUT2D eigenvalue weighted by Gasteiger charge is -2.16. The van der Waals surface area contributed by atoms with Gasteiger partial charge in [0.25, 0.3) is 5.56 Å². The number of esters is 1. The van der Waals surface area contributed by atoms with Gasteiger partial charge in [-0.25, -0.2) is 4.79 Å². The van der Waals surface area contributed by atoms with Crippen LogP contribution in [0.2, 0.25) is 0 Å². The highest BCUT2D eigenvalue weighted by Crippen LogP contribution is 2.29. The van der Waals surface area contributed by atoms with E-state index < -0.39 is 11.5 Å². The van der Waals surface area contributed by atoms with Crippen LogP contribution in [0.4, 0.5) is 0 Å². The van der Waals surface area contributed by atoms with E-state index in [1.807, 2.05) is 43.3 Å². The summed E-state index contributed by atoms with van der Waals surface area (Å²) in [5.41, 5.74) is 1.46. The molecular weight excluding hydrogens is 306 g/mol. The van der Waals surface area contributed by atoms with Crippen molar-refractivity contribution in [1.82, 2.24) is 4.57 Å². The molecule has 0 spiro atoms. The number of pyridine rings is 1. The van der Waals surface area contributed by atoms with E-state index in [-0.39, 0.29) is 11.3 Å². The quantitative estimate of drug-likeness (QED) is 0.753. The number of hydrogen-bond donors (Lipinski definition) is 1. The summed E-state index contributed by atoms with van der Waals surface area (Å²) < 4.78 is 6.18. The molecule has 0 aliphatic rings. The Labute approximate surface area is 138 Å². The maximum absolute atomic E-state index is 12.9. The zero-order valence-corrected chi connectivity index (χ0v) is 13.4. The number of carbonyl (C=O) groups excluding carboxylic acids is 1. The third-order valence-electron chi connectivity index (χ3n) is 4.03. The van der Waals surface area contributed by atoms with Crippen LogP contribution in [0.15, 0.2) is 53.3 Å². The van der Waals surface area contributed by atoms with Gasteiger partial charge >= 0.3 is 5.97 Å². The van der Waals surface area contributed by atoms with E-state index in [0.29, 0.717) is 17.4 Å². The summed E-state index contributed by atoms with van der Waals surface area (Å²) in [7, 11) is 1.18. The molecular formula is C19H17NO4. The van der Waals surface area contributed by atoms with E-state index >= 15 is 0 Å². The van der Waals surface area contributed by atoms with Crippen LogP contribution in [0.1, 0.15) is 21.5 Å². The van der Waals surface area contributed by atoms with Crippen molar-refractivity contribution in [3.63, 3.8) is 0 Å². The van der Waals surface area contributed by atoms with E-state index in [0.717, 1.165) is 11.1 Å². The van der Waals surface area contributed by atoms with Gasteiger partial charge in [-0.1, -0.05) is 42.5 Å². The van der Waals surface area contributed by atoms with Crippen LogP contribution >= 0.6 is 0 Å². The third kappa shape index (κ3) is 2.54. The lowest BCUT2D eigenvalue weighted by atomic mass is 10.1. The van der Waals surface area contributed by atoms with Crippen molar-refractivity contribution in [1.29, 1.82) is 0 Å². The van der Waals surface area contributed by atoms with Crippen LogP contribution in [0, 0.1) is 6.92 Å². The second kappa shape index (κ2) is 6.20. The molecule has 0 amide bonds. The van der Waals surface area contributed by atoms with Crippen LogP contribution in [0.25, 0.3) is 10.9 Å². The van der Waals surface area contributed by atoms with Gasteiger partial charge in [0.05, 0.1) is 19.2 Å². The lowest BCUT2D eigenvalue weighted by Crippen LogP contribution is -2.28. The molecule has 1 aromatic heterocycles. The first-order chi connectivity index (χ1) is 11.5. The summed E-state index contributed by atoms with van der Waals surface area (Å²) in [6.45, 7) is 2.16. The molecule has 1 heterocycles. The Morgan fingerprint density at radius 1 is 1.12 bits per heavy atom. The molecule has 5 nitrogen and oxygen atoms in total. The maximum atomic E-state index is 12.9. The highest BCUT2D eigenvalue weighted by atomic mass is 16.5. The molecule has 0 saturated carbocycles. The van der Waals surface area contributed by atoms with Gasteiger partial charge in [0.15, 0.2) is 5.56 Å². The highest BCUT2D eigenvalue weighted by molar-refractivity contribution is 6.00. The second-order valence-corrected chi connectivity index (χ2v) is 5.56. The second-order valence-electron chi connectivity index (χ2n) is 5.56. The number of methoxy groups -OCH3 is 1. The van der Waals surface area contributed by atoms with Crippen LogP contribution in [-0.4, -0.2) is 22.8 Å². The van der Waals surface area contributed by atoms with Crippen molar-refractivity contribution in [3.8, 4) is 5.75 Å². The number of nitrogens with zero attached hydrogens (tertiary/aromatic N) is 1. The number of benzene rings is 2. The predicted octanol–water partition coefficient (Wildman–Crippen LogP) is 2.85. The number of hydrogen-bond acceptors (Lipinski definition) is 4. The summed E-state index contributed by atoms with van der Waals surface area (Å²) in [5.74, 6) is -1.18. The molecule has 0 radical (unpaired) electrons. The predicted molar refractivity (Wildman–Crippen MR) is 91.5 cm³/mol. The van der Waals surface area contributed by atoms with E-state index in [1.165, 1.54) is 11.7 Å². The molecule has 0 bridgehead atoms. The van der Waals surface area contributed by atoms with Crippen molar-refractivity contribution in [2.24, 2.45) is 0 Å². The summed E-state index contributed by atoms with van der Waals surface area (Å²) in [5, 5.41) is 10.9. The van der Waals surface area contributed by atoms with Crippen molar-refractivity contribution >= 4 is 16.9 Å². The van der Waals surface area contributed by atoms with E-state index in [4.69, 9.17) is 0 Å². The minimum atomic E-state index is -0.845. The number of aromatic hydroxyl groups is 1. The Morgan fingerprint density at radius 3 is 2.50 bits per heavy atom. The lowest BCUT2D eigenvalue weighted by molar-refractivity contribution is 0.0595. The molecule has 0 saturated heterocycles. The number of rotatable bonds is 3. The average molecular weight is 323 g/mol. The van der Waals surface area contributed by atoms with Gasteiger partial charge in [0.2, 0.25) is 0 Å². The molecule has 24 heavy (non-hydrogen) atoms. The Balaban J connectivity index is 2.37. The molecule has 122 valence electrons. The van der Waals surface area contributed by atoms with Crippen molar-refractivity contribution in [2.45, 2.75) is 13.5 Å². The zero-order valence-electron chi connectivity index (χ0n) is 13.4. The third-order valence-corrected chi connectivity index (χ3v) is 4.03. The van der Waals surface area contributed by atoms with Crippen LogP contribution in [-0.2, 0) is 11.3 Å². The average Bonchev–Trinajstić information content (AvgIpc) is 2.59.